The Morgan fingerprint density at radius 3 is 2.43 bits per heavy atom. The lowest BCUT2D eigenvalue weighted by atomic mass is 10.1. The van der Waals surface area contributed by atoms with Gasteiger partial charge in [-0.25, -0.2) is 22.3 Å². The van der Waals surface area contributed by atoms with Gasteiger partial charge in [0, 0.05) is 49.4 Å². The van der Waals surface area contributed by atoms with E-state index in [2.05, 4.69) is 5.10 Å². The van der Waals surface area contributed by atoms with Crippen molar-refractivity contribution in [3.05, 3.63) is 71.3 Å². The van der Waals surface area contributed by atoms with E-state index in [1.165, 1.54) is 22.5 Å². The highest BCUT2D eigenvalue weighted by molar-refractivity contribution is 7.89. The lowest BCUT2D eigenvalue weighted by Crippen LogP contribution is -2.50. The highest BCUT2D eigenvalue weighted by Gasteiger charge is 2.31. The largest absolute Gasteiger partial charge is 0.340 e. The summed E-state index contributed by atoms with van der Waals surface area (Å²) in [7, 11) is -3.94. The number of hydrogen-bond donors (Lipinski definition) is 0. The molecule has 3 heterocycles. The van der Waals surface area contributed by atoms with Crippen LogP contribution in [0, 0.1) is 19.7 Å². The lowest BCUT2D eigenvalue weighted by molar-refractivity contribution is -0.132. The molecule has 1 amide bonds. The number of rotatable bonds is 5. The van der Waals surface area contributed by atoms with Crippen molar-refractivity contribution in [1.29, 1.82) is 0 Å². The van der Waals surface area contributed by atoms with E-state index < -0.39 is 15.8 Å². The lowest BCUT2D eigenvalue weighted by Gasteiger charge is -2.34. The number of fused-ring (bicyclic) bond motifs is 3. The number of benzene rings is 2. The highest BCUT2D eigenvalue weighted by atomic mass is 32.2. The van der Waals surface area contributed by atoms with E-state index in [9.17, 15) is 17.6 Å². The van der Waals surface area contributed by atoms with Gasteiger partial charge in [0.1, 0.15) is 10.7 Å². The Morgan fingerprint density at radius 2 is 1.69 bits per heavy atom. The van der Waals surface area contributed by atoms with Crippen LogP contribution in [0.5, 0.6) is 0 Å². The second kappa shape index (κ2) is 9.01. The summed E-state index contributed by atoms with van der Waals surface area (Å²) in [5.74, 6) is -0.815. The fourth-order valence-corrected chi connectivity index (χ4v) is 6.19. The Labute approximate surface area is 203 Å². The summed E-state index contributed by atoms with van der Waals surface area (Å²) < 4.78 is 42.7. The third-order valence-corrected chi connectivity index (χ3v) is 8.58. The van der Waals surface area contributed by atoms with Crippen molar-refractivity contribution < 1.29 is 17.6 Å². The van der Waals surface area contributed by atoms with E-state index in [-0.39, 0.29) is 43.4 Å². The van der Waals surface area contributed by atoms with Crippen LogP contribution >= 0.6 is 0 Å². The number of sulfonamides is 1. The first-order valence-electron chi connectivity index (χ1n) is 11.5. The fourth-order valence-electron chi connectivity index (χ4n) is 4.70. The maximum absolute atomic E-state index is 14.0. The molecule has 35 heavy (non-hydrogen) atoms. The van der Waals surface area contributed by atoms with E-state index in [1.54, 1.807) is 4.90 Å². The van der Waals surface area contributed by atoms with Gasteiger partial charge in [0.2, 0.25) is 15.9 Å². The molecule has 8 nitrogen and oxygen atoms in total. The van der Waals surface area contributed by atoms with Gasteiger partial charge < -0.3 is 4.90 Å². The molecule has 0 N–H and O–H groups in total. The van der Waals surface area contributed by atoms with Crippen LogP contribution in [-0.4, -0.2) is 64.3 Å². The van der Waals surface area contributed by atoms with E-state index >= 15 is 0 Å². The molecule has 0 unspecified atom stereocenters. The van der Waals surface area contributed by atoms with Crippen molar-refractivity contribution in [2.24, 2.45) is 0 Å². The molecule has 10 heteroatoms. The molecule has 1 aliphatic rings. The zero-order chi connectivity index (χ0) is 24.7. The molecular weight excluding hydrogens is 469 g/mol. The quantitative estimate of drug-likeness (QED) is 0.425. The zero-order valence-electron chi connectivity index (χ0n) is 19.6. The van der Waals surface area contributed by atoms with Crippen molar-refractivity contribution in [2.75, 3.05) is 26.2 Å². The Bertz CT molecular complexity index is 1540. The van der Waals surface area contributed by atoms with Crippen molar-refractivity contribution in [3.63, 3.8) is 0 Å². The summed E-state index contributed by atoms with van der Waals surface area (Å²) >= 11 is 0. The molecule has 4 aromatic rings. The van der Waals surface area contributed by atoms with Crippen LogP contribution in [0.25, 0.3) is 16.6 Å². The molecule has 5 rings (SSSR count). The maximum atomic E-state index is 14.0. The molecule has 0 bridgehead atoms. The Balaban J connectivity index is 1.26. The summed E-state index contributed by atoms with van der Waals surface area (Å²) in [5.41, 5.74) is 4.49. The Morgan fingerprint density at radius 1 is 1.00 bits per heavy atom. The predicted molar refractivity (Wildman–Crippen MR) is 130 cm³/mol. The summed E-state index contributed by atoms with van der Waals surface area (Å²) in [6, 6.07) is 13.2. The smallest absolute Gasteiger partial charge is 0.246 e. The second-order valence-electron chi connectivity index (χ2n) is 8.73. The summed E-state index contributed by atoms with van der Waals surface area (Å²) in [5, 5.41) is 5.66. The van der Waals surface area contributed by atoms with Gasteiger partial charge >= 0.3 is 0 Å². The topological polar surface area (TPSA) is 87.9 Å². The van der Waals surface area contributed by atoms with E-state index in [4.69, 9.17) is 4.98 Å². The number of piperazine rings is 1. The molecular formula is C25H26FN5O3S. The fraction of sp³-hybridized carbons (Fsp3) is 0.320. The normalized spacial score (nSPS) is 15.2. The van der Waals surface area contributed by atoms with Gasteiger partial charge in [-0.2, -0.15) is 9.40 Å². The first-order valence-corrected chi connectivity index (χ1v) is 13.0. The van der Waals surface area contributed by atoms with Gasteiger partial charge in [0.05, 0.1) is 5.52 Å². The van der Waals surface area contributed by atoms with Crippen LogP contribution in [0.1, 0.15) is 23.4 Å². The third-order valence-electron chi connectivity index (χ3n) is 6.65. The minimum atomic E-state index is -3.94. The third kappa shape index (κ3) is 4.17. The molecule has 0 aliphatic carbocycles. The average molecular weight is 496 g/mol. The zero-order valence-corrected chi connectivity index (χ0v) is 20.4. The van der Waals surface area contributed by atoms with Gasteiger partial charge in [-0.1, -0.05) is 24.3 Å². The Hall–Kier alpha value is -3.37. The highest BCUT2D eigenvalue weighted by Crippen LogP contribution is 2.24. The van der Waals surface area contributed by atoms with Gasteiger partial charge in [-0.15, -0.1) is 0 Å². The molecule has 1 fully saturated rings. The van der Waals surface area contributed by atoms with E-state index in [0.717, 1.165) is 39.6 Å². The van der Waals surface area contributed by atoms with Crippen LogP contribution in [0.15, 0.2) is 53.4 Å². The van der Waals surface area contributed by atoms with Crippen LogP contribution in [0.4, 0.5) is 4.39 Å². The SMILES string of the molecule is Cc1nc2c3ccccc3nn2c(C)c1CCC(=O)N1CCN(S(=O)(=O)c2ccccc2F)CC1. The van der Waals surface area contributed by atoms with Crippen LogP contribution in [0.2, 0.25) is 0 Å². The number of nitrogens with zero attached hydrogens (tertiary/aromatic N) is 5. The predicted octanol–water partition coefficient (Wildman–Crippen LogP) is 3.10. The standard InChI is InChI=1S/C25H26FN5O3S/c1-17-19(18(2)31-25(27-17)20-7-3-5-9-22(20)28-31)11-12-24(32)29-13-15-30(16-14-29)35(33,34)23-10-6-4-8-21(23)26/h3-10H,11-16H2,1-2H3. The van der Waals surface area contributed by atoms with Gasteiger partial charge in [-0.3, -0.25) is 4.79 Å². The molecule has 1 saturated heterocycles. The number of hydrogen-bond acceptors (Lipinski definition) is 5. The number of carbonyl (C=O) groups excluding carboxylic acids is 1. The number of aromatic nitrogens is 3. The van der Waals surface area contributed by atoms with Gasteiger partial charge in [-0.05, 0) is 50.1 Å². The molecule has 2 aromatic heterocycles. The van der Waals surface area contributed by atoms with Crippen molar-refractivity contribution in [2.45, 2.75) is 31.6 Å². The summed E-state index contributed by atoms with van der Waals surface area (Å²) in [4.78, 5) is 19.0. The molecule has 2 aromatic carbocycles. The monoisotopic (exact) mass is 495 g/mol. The van der Waals surface area contributed by atoms with Gasteiger partial charge in [0.15, 0.2) is 5.65 Å². The van der Waals surface area contributed by atoms with E-state index in [1.807, 2.05) is 42.6 Å². The molecule has 0 radical (unpaired) electrons. The summed E-state index contributed by atoms with van der Waals surface area (Å²) in [6.45, 7) is 4.74. The van der Waals surface area contributed by atoms with Crippen molar-refractivity contribution in [1.82, 2.24) is 23.8 Å². The Kier molecular flexibility index (Phi) is 6.02. The van der Waals surface area contributed by atoms with E-state index in [0.29, 0.717) is 6.42 Å². The minimum Gasteiger partial charge on any atom is -0.340 e. The number of amides is 1. The van der Waals surface area contributed by atoms with Crippen molar-refractivity contribution in [3.8, 4) is 0 Å². The summed E-state index contributed by atoms with van der Waals surface area (Å²) in [6.07, 6.45) is 0.805. The molecule has 0 spiro atoms. The average Bonchev–Trinajstić information content (AvgIpc) is 3.23. The first-order chi connectivity index (χ1) is 16.8. The van der Waals surface area contributed by atoms with Crippen LogP contribution in [-0.2, 0) is 21.2 Å². The molecule has 1 aliphatic heterocycles. The number of carbonyl (C=O) groups is 1. The van der Waals surface area contributed by atoms with Crippen LogP contribution < -0.4 is 0 Å². The number of aryl methyl sites for hydroxylation is 2. The van der Waals surface area contributed by atoms with Gasteiger partial charge in [0.25, 0.3) is 0 Å². The number of halogens is 1. The molecule has 0 saturated carbocycles. The maximum Gasteiger partial charge on any atom is 0.246 e. The minimum absolute atomic E-state index is 0.0440. The molecule has 182 valence electrons. The van der Waals surface area contributed by atoms with Crippen molar-refractivity contribution >= 4 is 32.5 Å². The first kappa shape index (κ1) is 23.4. The second-order valence-corrected chi connectivity index (χ2v) is 10.6. The molecule has 0 atom stereocenters. The van der Waals surface area contributed by atoms with Crippen LogP contribution in [0.3, 0.4) is 0 Å².